The Bertz CT molecular complexity index is 404. The molecule has 0 spiro atoms. The van der Waals surface area contributed by atoms with E-state index in [0.29, 0.717) is 0 Å². The van der Waals surface area contributed by atoms with Gasteiger partial charge in [-0.15, -0.1) is 0 Å². The highest BCUT2D eigenvalue weighted by Gasteiger charge is 2.29. The van der Waals surface area contributed by atoms with E-state index < -0.39 is 5.97 Å². The lowest BCUT2D eigenvalue weighted by Crippen LogP contribution is -2.28. The first-order valence-corrected chi connectivity index (χ1v) is 7.21. The molecular formula is C16H23NO2. The van der Waals surface area contributed by atoms with Gasteiger partial charge < -0.3 is 5.11 Å². The number of nitrogens with zero attached hydrogens (tertiary/aromatic N) is 1. The van der Waals surface area contributed by atoms with Crippen molar-refractivity contribution in [1.29, 1.82) is 0 Å². The second-order valence-corrected chi connectivity index (χ2v) is 5.46. The number of likely N-dealkylation sites (tertiary alicyclic amines) is 1. The largest absolute Gasteiger partial charge is 0.481 e. The molecule has 1 aliphatic rings. The number of hydrogen-bond acceptors (Lipinski definition) is 2. The predicted molar refractivity (Wildman–Crippen MR) is 76.0 cm³/mol. The van der Waals surface area contributed by atoms with Gasteiger partial charge >= 0.3 is 5.97 Å². The maximum absolute atomic E-state index is 11.1. The molecule has 1 aromatic rings. The lowest BCUT2D eigenvalue weighted by molar-refractivity contribution is -0.138. The average Bonchev–Trinajstić information content (AvgIpc) is 2.86. The Morgan fingerprint density at radius 2 is 2.16 bits per heavy atom. The summed E-state index contributed by atoms with van der Waals surface area (Å²) in [5.41, 5.74) is 1.13. The molecule has 19 heavy (non-hydrogen) atoms. The van der Waals surface area contributed by atoms with Crippen molar-refractivity contribution < 1.29 is 9.90 Å². The standard InChI is InChI=1S/C16H23NO2/c1-2-6-13-9-10-17(12-13)15(11-16(18)19)14-7-4-3-5-8-14/h3-5,7-8,13,15H,2,6,9-12H2,1H3,(H,18,19). The molecule has 0 radical (unpaired) electrons. The van der Waals surface area contributed by atoms with Crippen molar-refractivity contribution in [3.8, 4) is 0 Å². The lowest BCUT2D eigenvalue weighted by Gasteiger charge is -2.27. The summed E-state index contributed by atoms with van der Waals surface area (Å²) in [6.45, 7) is 4.28. The molecule has 0 amide bonds. The third-order valence-electron chi connectivity index (χ3n) is 4.01. The van der Waals surface area contributed by atoms with Crippen molar-refractivity contribution >= 4 is 5.97 Å². The number of benzene rings is 1. The number of aliphatic carboxylic acids is 1. The highest BCUT2D eigenvalue weighted by Crippen LogP contribution is 2.31. The Kier molecular flexibility index (Phi) is 4.97. The Labute approximate surface area is 115 Å². The van der Waals surface area contributed by atoms with Crippen LogP contribution in [0.15, 0.2) is 30.3 Å². The van der Waals surface area contributed by atoms with Crippen molar-refractivity contribution in [2.75, 3.05) is 13.1 Å². The highest BCUT2D eigenvalue weighted by atomic mass is 16.4. The first kappa shape index (κ1) is 14.1. The van der Waals surface area contributed by atoms with Crippen LogP contribution in [0.25, 0.3) is 0 Å². The minimum Gasteiger partial charge on any atom is -0.481 e. The number of carbonyl (C=O) groups is 1. The molecule has 1 saturated heterocycles. The van der Waals surface area contributed by atoms with Gasteiger partial charge in [0.15, 0.2) is 0 Å². The molecule has 2 unspecified atom stereocenters. The Hall–Kier alpha value is -1.35. The van der Waals surface area contributed by atoms with E-state index in [-0.39, 0.29) is 12.5 Å². The van der Waals surface area contributed by atoms with Crippen LogP contribution in [0.2, 0.25) is 0 Å². The van der Waals surface area contributed by atoms with Crippen LogP contribution in [-0.4, -0.2) is 29.1 Å². The van der Waals surface area contributed by atoms with Gasteiger partial charge in [0.25, 0.3) is 0 Å². The zero-order valence-corrected chi connectivity index (χ0v) is 11.6. The highest BCUT2D eigenvalue weighted by molar-refractivity contribution is 5.68. The number of rotatable bonds is 6. The van der Waals surface area contributed by atoms with Crippen LogP contribution >= 0.6 is 0 Å². The molecule has 0 bridgehead atoms. The number of carboxylic acid groups (broad SMARTS) is 1. The molecule has 2 atom stereocenters. The molecule has 3 nitrogen and oxygen atoms in total. The molecule has 0 aromatic heterocycles. The fourth-order valence-corrected chi connectivity index (χ4v) is 3.09. The van der Waals surface area contributed by atoms with Crippen molar-refractivity contribution in [2.24, 2.45) is 5.92 Å². The van der Waals surface area contributed by atoms with Gasteiger partial charge in [-0.25, -0.2) is 0 Å². The third-order valence-corrected chi connectivity index (χ3v) is 4.01. The summed E-state index contributed by atoms with van der Waals surface area (Å²) in [4.78, 5) is 13.5. The van der Waals surface area contributed by atoms with Crippen LogP contribution < -0.4 is 0 Å². The fourth-order valence-electron chi connectivity index (χ4n) is 3.09. The number of hydrogen-bond donors (Lipinski definition) is 1. The van der Waals surface area contributed by atoms with E-state index >= 15 is 0 Å². The molecule has 1 fully saturated rings. The average molecular weight is 261 g/mol. The van der Waals surface area contributed by atoms with Crippen LogP contribution in [0.5, 0.6) is 0 Å². The van der Waals surface area contributed by atoms with Crippen molar-refractivity contribution in [3.05, 3.63) is 35.9 Å². The maximum Gasteiger partial charge on any atom is 0.305 e. The SMILES string of the molecule is CCCC1CCN(C(CC(=O)O)c2ccccc2)C1. The Morgan fingerprint density at radius 1 is 1.42 bits per heavy atom. The van der Waals surface area contributed by atoms with Crippen molar-refractivity contribution in [1.82, 2.24) is 4.90 Å². The zero-order chi connectivity index (χ0) is 13.7. The van der Waals surface area contributed by atoms with Gasteiger partial charge in [0.2, 0.25) is 0 Å². The van der Waals surface area contributed by atoms with E-state index in [2.05, 4.69) is 11.8 Å². The predicted octanol–water partition coefficient (Wildman–Crippen LogP) is 3.32. The fraction of sp³-hybridized carbons (Fsp3) is 0.562. The first-order valence-electron chi connectivity index (χ1n) is 7.21. The molecule has 2 rings (SSSR count). The van der Waals surface area contributed by atoms with Gasteiger partial charge in [0.1, 0.15) is 0 Å². The second-order valence-electron chi connectivity index (χ2n) is 5.46. The molecule has 1 N–H and O–H groups in total. The summed E-state index contributed by atoms with van der Waals surface area (Å²) in [6, 6.07) is 10.1. The van der Waals surface area contributed by atoms with E-state index in [0.717, 1.165) is 24.6 Å². The van der Waals surface area contributed by atoms with E-state index in [1.807, 2.05) is 30.3 Å². The molecule has 104 valence electrons. The molecule has 0 saturated carbocycles. The molecule has 0 aliphatic carbocycles. The second kappa shape index (κ2) is 6.71. The molecule has 1 aliphatic heterocycles. The van der Waals surface area contributed by atoms with E-state index in [1.54, 1.807) is 0 Å². The summed E-state index contributed by atoms with van der Waals surface area (Å²) in [6.07, 6.45) is 3.87. The van der Waals surface area contributed by atoms with Crippen LogP contribution in [0.4, 0.5) is 0 Å². The smallest absolute Gasteiger partial charge is 0.305 e. The summed E-state index contributed by atoms with van der Waals surface area (Å²) in [5, 5.41) is 9.15. The van der Waals surface area contributed by atoms with Crippen LogP contribution in [0.3, 0.4) is 0 Å². The summed E-state index contributed by atoms with van der Waals surface area (Å²) < 4.78 is 0. The van der Waals surface area contributed by atoms with Gasteiger partial charge in [0, 0.05) is 12.6 Å². The summed E-state index contributed by atoms with van der Waals surface area (Å²) >= 11 is 0. The van der Waals surface area contributed by atoms with E-state index in [9.17, 15) is 4.79 Å². The van der Waals surface area contributed by atoms with E-state index in [4.69, 9.17) is 5.11 Å². The van der Waals surface area contributed by atoms with Gasteiger partial charge in [-0.05, 0) is 30.9 Å². The molecule has 1 heterocycles. The van der Waals surface area contributed by atoms with Crippen LogP contribution in [-0.2, 0) is 4.79 Å². The number of carboxylic acids is 1. The normalized spacial score (nSPS) is 21.4. The van der Waals surface area contributed by atoms with Crippen LogP contribution in [0, 0.1) is 5.92 Å². The quantitative estimate of drug-likeness (QED) is 0.854. The summed E-state index contributed by atoms with van der Waals surface area (Å²) in [7, 11) is 0. The van der Waals surface area contributed by atoms with Crippen molar-refractivity contribution in [3.63, 3.8) is 0 Å². The Balaban J connectivity index is 2.09. The zero-order valence-electron chi connectivity index (χ0n) is 11.6. The topological polar surface area (TPSA) is 40.5 Å². The molecule has 1 aromatic carbocycles. The third kappa shape index (κ3) is 3.80. The minimum atomic E-state index is -0.715. The van der Waals surface area contributed by atoms with Gasteiger partial charge in [-0.3, -0.25) is 9.69 Å². The van der Waals surface area contributed by atoms with Gasteiger partial charge in [-0.1, -0.05) is 43.7 Å². The maximum atomic E-state index is 11.1. The monoisotopic (exact) mass is 261 g/mol. The lowest BCUT2D eigenvalue weighted by atomic mass is 10.0. The molecular weight excluding hydrogens is 238 g/mol. The van der Waals surface area contributed by atoms with Gasteiger partial charge in [0.05, 0.1) is 6.42 Å². The van der Waals surface area contributed by atoms with Crippen LogP contribution in [0.1, 0.15) is 44.2 Å². The Morgan fingerprint density at radius 3 is 2.79 bits per heavy atom. The van der Waals surface area contributed by atoms with E-state index in [1.165, 1.54) is 19.3 Å². The minimum absolute atomic E-state index is 0.0283. The van der Waals surface area contributed by atoms with Crippen molar-refractivity contribution in [2.45, 2.75) is 38.6 Å². The first-order chi connectivity index (χ1) is 9.20. The van der Waals surface area contributed by atoms with Gasteiger partial charge in [-0.2, -0.15) is 0 Å². The summed E-state index contributed by atoms with van der Waals surface area (Å²) in [5.74, 6) is 0.0257. The molecule has 3 heteroatoms.